The van der Waals surface area contributed by atoms with Gasteiger partial charge in [0, 0.05) is 32.6 Å². The Hall–Kier alpha value is -9.86. The minimum Gasteiger partial charge on any atom is -0.508 e. The number of amides is 11. The summed E-state index contributed by atoms with van der Waals surface area (Å²) < 4.78 is 0. The second-order valence-electron chi connectivity index (χ2n) is 24.8. The molecule has 11 amide bonds. The lowest BCUT2D eigenvalue weighted by Crippen LogP contribution is -2.61. The summed E-state index contributed by atoms with van der Waals surface area (Å²) in [6.45, 7) is 8.37. The molecule has 1 saturated heterocycles. The Morgan fingerprint density at radius 2 is 1.04 bits per heavy atom. The SMILES string of the molecule is CC[C@H](C)[C@H](NC(=O)[C@H](CCCN=C(N)N)NC(=O)[C@H](CCCN=C(N)N)NC(=O)[C@H](CC(C)C)NC(=O)[C@H](Cc1ccccc1)NC(=O)CNC(=O)[C@@H](C)NC(=O)[C@@H](N)Cc1ccc(O)cc1)C(=O)N[C@@H](CCCN=C(N)N)C(=O)N1CCC[C@H]1C(=O)N[C@@H](CCCCN)C(N)=O. The molecule has 1 fully saturated rings. The predicted octanol–water partition coefficient (Wildman–Crippen LogP) is -4.62. The number of phenolic OH excluding ortho intramolecular Hbond substituents is 1. The molecule has 0 aliphatic carbocycles. The van der Waals surface area contributed by atoms with Crippen LogP contribution in [0.5, 0.6) is 5.75 Å². The quantitative estimate of drug-likeness (QED) is 0.0169. The number of phenols is 1. The fourth-order valence-corrected chi connectivity index (χ4v) is 10.6. The zero-order valence-electron chi connectivity index (χ0n) is 56.9. The molecule has 1 heterocycles. The molecule has 0 bridgehead atoms. The number of likely N-dealkylation sites (tertiary alicyclic amines) is 1. The minimum absolute atomic E-state index is 0.00215. The normalized spacial score (nSPS) is 15.6. The number of benzene rings is 2. The largest absolute Gasteiger partial charge is 0.508 e. The molecule has 1 aliphatic rings. The van der Waals surface area contributed by atoms with Crippen LogP contribution in [0.2, 0.25) is 0 Å². The molecule has 34 nitrogen and oxygen atoms in total. The van der Waals surface area contributed by atoms with Crippen molar-refractivity contribution >= 4 is 82.9 Å². The Labute approximate surface area is 571 Å². The molecule has 2 aromatic rings. The van der Waals surface area contributed by atoms with Crippen LogP contribution in [0.3, 0.4) is 0 Å². The third kappa shape index (κ3) is 30.5. The van der Waals surface area contributed by atoms with E-state index in [1.165, 1.54) is 24.0 Å². The van der Waals surface area contributed by atoms with Gasteiger partial charge in [-0.25, -0.2) is 0 Å². The third-order valence-corrected chi connectivity index (χ3v) is 16.1. The van der Waals surface area contributed by atoms with Gasteiger partial charge >= 0.3 is 0 Å². The first-order chi connectivity index (χ1) is 46.4. The maximum absolute atomic E-state index is 14.8. The van der Waals surface area contributed by atoms with Crippen molar-refractivity contribution in [1.29, 1.82) is 0 Å². The van der Waals surface area contributed by atoms with Gasteiger partial charge in [-0.2, -0.15) is 0 Å². The highest BCUT2D eigenvalue weighted by molar-refractivity contribution is 5.99. The second-order valence-corrected chi connectivity index (χ2v) is 24.8. The van der Waals surface area contributed by atoms with E-state index in [1.54, 1.807) is 70.2 Å². The number of primary amides is 1. The molecule has 0 aromatic heterocycles. The number of hydrogen-bond acceptors (Lipinski definition) is 17. The van der Waals surface area contributed by atoms with Gasteiger partial charge in [0.2, 0.25) is 65.0 Å². The van der Waals surface area contributed by atoms with E-state index in [0.717, 1.165) is 0 Å². The van der Waals surface area contributed by atoms with Gasteiger partial charge in [0.25, 0.3) is 0 Å². The van der Waals surface area contributed by atoms with Crippen molar-refractivity contribution in [3.63, 3.8) is 0 Å². The zero-order chi connectivity index (χ0) is 73.0. The second kappa shape index (κ2) is 43.3. The molecule has 544 valence electrons. The summed E-state index contributed by atoms with van der Waals surface area (Å²) in [4.78, 5) is 167. The van der Waals surface area contributed by atoms with E-state index in [9.17, 15) is 57.8 Å². The Bertz CT molecular complexity index is 3030. The smallest absolute Gasteiger partial charge is 0.245 e. The molecule has 11 atom stereocenters. The number of rotatable bonds is 44. The summed E-state index contributed by atoms with van der Waals surface area (Å²) >= 11 is 0. The van der Waals surface area contributed by atoms with Crippen LogP contribution < -0.4 is 99.5 Å². The maximum atomic E-state index is 14.8. The van der Waals surface area contributed by atoms with E-state index in [-0.39, 0.29) is 126 Å². The lowest BCUT2D eigenvalue weighted by atomic mass is 9.96. The first kappa shape index (κ1) is 82.4. The molecule has 0 saturated carbocycles. The number of carbonyl (C=O) groups excluding carboxylic acids is 11. The molecule has 28 N–H and O–H groups in total. The molecule has 1 aliphatic heterocycles. The van der Waals surface area contributed by atoms with Crippen molar-refractivity contribution in [2.45, 2.75) is 191 Å². The first-order valence-corrected chi connectivity index (χ1v) is 33.2. The fourth-order valence-electron chi connectivity index (χ4n) is 10.6. The summed E-state index contributed by atoms with van der Waals surface area (Å²) in [5.41, 5.74) is 52.3. The van der Waals surface area contributed by atoms with Crippen LogP contribution in [0.15, 0.2) is 69.6 Å². The summed E-state index contributed by atoms with van der Waals surface area (Å²) in [6, 6.07) is 2.32. The lowest BCUT2D eigenvalue weighted by Gasteiger charge is -2.32. The van der Waals surface area contributed by atoms with E-state index >= 15 is 0 Å². The Balaban J connectivity index is 1.93. The van der Waals surface area contributed by atoms with Crippen molar-refractivity contribution in [3.8, 4) is 5.75 Å². The van der Waals surface area contributed by atoms with Crippen LogP contribution in [0.1, 0.15) is 129 Å². The van der Waals surface area contributed by atoms with Crippen molar-refractivity contribution in [2.75, 3.05) is 39.3 Å². The van der Waals surface area contributed by atoms with Crippen LogP contribution in [-0.4, -0.2) is 193 Å². The monoisotopic (exact) mass is 1370 g/mol. The number of nitrogens with two attached hydrogens (primary N) is 9. The van der Waals surface area contributed by atoms with Crippen LogP contribution in [0, 0.1) is 11.8 Å². The zero-order valence-corrected chi connectivity index (χ0v) is 56.9. The van der Waals surface area contributed by atoms with E-state index in [0.29, 0.717) is 43.4 Å². The van der Waals surface area contributed by atoms with Crippen LogP contribution in [0.4, 0.5) is 0 Å². The molecule has 0 unspecified atom stereocenters. The van der Waals surface area contributed by atoms with Gasteiger partial charge in [0.05, 0.1) is 12.6 Å². The van der Waals surface area contributed by atoms with E-state index in [4.69, 9.17) is 51.6 Å². The Kier molecular flexibility index (Phi) is 36.4. The number of nitrogens with one attached hydrogen (secondary N) is 9. The number of unbranched alkanes of at least 4 members (excludes halogenated alkanes) is 1. The third-order valence-electron chi connectivity index (χ3n) is 16.1. The number of guanidine groups is 3. The number of aliphatic imine (C=N–C) groups is 3. The molecule has 3 rings (SSSR count). The summed E-state index contributed by atoms with van der Waals surface area (Å²) in [5, 5.41) is 33.7. The number of aromatic hydroxyl groups is 1. The Morgan fingerprint density at radius 1 is 0.541 bits per heavy atom. The van der Waals surface area contributed by atoms with Gasteiger partial charge in [-0.05, 0) is 132 Å². The van der Waals surface area contributed by atoms with Crippen molar-refractivity contribution < 1.29 is 57.8 Å². The highest BCUT2D eigenvalue weighted by Crippen LogP contribution is 2.22. The highest BCUT2D eigenvalue weighted by Gasteiger charge is 2.41. The number of carbonyl (C=O) groups is 11. The topological polar surface area (TPSA) is 591 Å². The van der Waals surface area contributed by atoms with Crippen molar-refractivity contribution in [3.05, 3.63) is 65.7 Å². The van der Waals surface area contributed by atoms with Gasteiger partial charge < -0.3 is 109 Å². The number of hydrogen-bond donors (Lipinski definition) is 19. The van der Waals surface area contributed by atoms with Crippen molar-refractivity contribution in [2.24, 2.45) is 78.4 Å². The van der Waals surface area contributed by atoms with Crippen LogP contribution in [-0.2, 0) is 65.6 Å². The van der Waals surface area contributed by atoms with Gasteiger partial charge in [-0.15, -0.1) is 0 Å². The van der Waals surface area contributed by atoms with Gasteiger partial charge in [0.1, 0.15) is 60.1 Å². The Morgan fingerprint density at radius 3 is 1.57 bits per heavy atom. The van der Waals surface area contributed by atoms with E-state index in [2.05, 4.69) is 62.8 Å². The van der Waals surface area contributed by atoms with Crippen LogP contribution in [0.25, 0.3) is 0 Å². The number of nitrogens with zero attached hydrogens (tertiary/aromatic N) is 4. The van der Waals surface area contributed by atoms with Crippen molar-refractivity contribution in [1.82, 2.24) is 52.8 Å². The van der Waals surface area contributed by atoms with Gasteiger partial charge in [-0.3, -0.25) is 67.7 Å². The molecule has 34 heteroatoms. The first-order valence-electron chi connectivity index (χ1n) is 33.2. The molecule has 0 spiro atoms. The molecular weight excluding hydrogens is 1270 g/mol. The fraction of sp³-hybridized carbons (Fsp3) is 0.594. The average Bonchev–Trinajstić information content (AvgIpc) is 1.51. The standard InChI is InChI=1S/C64H106N22O12/c1-6-37(4)51(60(97)83-46(21-14-30-76-64(72)73)61(98)86-31-15-22-49(86)59(96)80-43(52(67)89)18-10-11-27-65)85-56(93)45(20-13-29-75-63(70)71)81-55(92)44(19-12-28-74-62(68)69)82-57(94)47(32-36(2)3)84-58(95)48(34-39-16-8-7-9-17-39)79-50(88)35-77-53(90)38(5)78-54(91)42(66)33-40-23-25-41(87)26-24-40/h7-9,16-17,23-26,36-38,42-49,51,87H,6,10-15,18-22,27-35,65-66H2,1-5H3,(H2,67,89)(H,77,90)(H,78,91)(H,79,88)(H,80,96)(H,81,92)(H,82,94)(H,83,97)(H,84,95)(H,85,93)(H4,68,69,74)(H4,70,71,75)(H4,72,73,76)/t37-,38+,42-,43-,44-,45-,46-,47-,48-,49-,51-/m0/s1. The highest BCUT2D eigenvalue weighted by atomic mass is 16.3. The molecule has 98 heavy (non-hydrogen) atoms. The summed E-state index contributed by atoms with van der Waals surface area (Å²) in [5.74, 6) is -9.85. The summed E-state index contributed by atoms with van der Waals surface area (Å²) in [7, 11) is 0. The average molecular weight is 1380 g/mol. The van der Waals surface area contributed by atoms with Gasteiger partial charge in [0.15, 0.2) is 17.9 Å². The minimum atomic E-state index is -1.44. The summed E-state index contributed by atoms with van der Waals surface area (Å²) in [6.07, 6.45) is 2.50. The molecule has 2 aromatic carbocycles. The maximum Gasteiger partial charge on any atom is 0.245 e. The lowest BCUT2D eigenvalue weighted by molar-refractivity contribution is -0.142. The van der Waals surface area contributed by atoms with Crippen LogP contribution >= 0.6 is 0 Å². The molecular formula is C64H106N22O12. The molecule has 0 radical (unpaired) electrons. The van der Waals surface area contributed by atoms with E-state index in [1.807, 2.05) is 0 Å². The van der Waals surface area contributed by atoms with E-state index < -0.39 is 138 Å². The predicted molar refractivity (Wildman–Crippen MR) is 370 cm³/mol. The van der Waals surface area contributed by atoms with Gasteiger partial charge in [-0.1, -0.05) is 76.6 Å².